The van der Waals surface area contributed by atoms with Crippen molar-refractivity contribution in [2.45, 2.75) is 6.54 Å². The third kappa shape index (κ3) is 2.70. The van der Waals surface area contributed by atoms with E-state index in [4.69, 9.17) is 0 Å². The van der Waals surface area contributed by atoms with Crippen molar-refractivity contribution in [3.8, 4) is 23.1 Å². The van der Waals surface area contributed by atoms with Crippen LogP contribution in [0.3, 0.4) is 0 Å². The molecule has 1 aromatic carbocycles. The average molecular weight is 342 g/mol. The van der Waals surface area contributed by atoms with Crippen LogP contribution < -0.4 is 5.32 Å². The number of nitriles is 1. The summed E-state index contributed by atoms with van der Waals surface area (Å²) in [6.45, 7) is 0.480. The fourth-order valence-corrected chi connectivity index (χ4v) is 2.71. The van der Waals surface area contributed by atoms with Crippen molar-refractivity contribution in [2.24, 2.45) is 0 Å². The van der Waals surface area contributed by atoms with Gasteiger partial charge in [0, 0.05) is 25.1 Å². The zero-order valence-corrected chi connectivity index (χ0v) is 13.7. The Morgan fingerprint density at radius 3 is 2.62 bits per heavy atom. The second-order valence-corrected chi connectivity index (χ2v) is 5.64. The summed E-state index contributed by atoms with van der Waals surface area (Å²) in [5.41, 5.74) is 2.96. The van der Waals surface area contributed by atoms with Crippen molar-refractivity contribution in [1.29, 1.82) is 5.26 Å². The predicted molar refractivity (Wildman–Crippen MR) is 96.4 cm³/mol. The standard InChI is InChI=1S/C19H14N6O/c20-10-15-17(22-11-13-6-8-21-9-7-13)24-25-18(15)23-12-16(19(25)26)14-4-2-1-3-5-14/h1-9,12,26H,11H2,(H,22,24). The van der Waals surface area contributed by atoms with Crippen LogP contribution in [0.25, 0.3) is 16.8 Å². The molecule has 0 fully saturated rings. The molecule has 3 aromatic heterocycles. The van der Waals surface area contributed by atoms with Gasteiger partial charge in [-0.05, 0) is 23.3 Å². The Bertz CT molecular complexity index is 1100. The number of aromatic nitrogens is 4. The van der Waals surface area contributed by atoms with E-state index in [2.05, 4.69) is 26.5 Å². The van der Waals surface area contributed by atoms with Gasteiger partial charge in [0.15, 0.2) is 11.5 Å². The summed E-state index contributed by atoms with van der Waals surface area (Å²) in [5, 5.41) is 27.6. The molecule has 0 aliphatic rings. The van der Waals surface area contributed by atoms with E-state index < -0.39 is 0 Å². The molecule has 3 heterocycles. The maximum absolute atomic E-state index is 10.6. The Kier molecular flexibility index (Phi) is 3.92. The van der Waals surface area contributed by atoms with Crippen LogP contribution in [0.1, 0.15) is 11.1 Å². The van der Waals surface area contributed by atoms with E-state index in [0.29, 0.717) is 23.6 Å². The lowest BCUT2D eigenvalue weighted by atomic mass is 10.1. The van der Waals surface area contributed by atoms with Gasteiger partial charge in [0.25, 0.3) is 0 Å². The van der Waals surface area contributed by atoms with Gasteiger partial charge in [-0.3, -0.25) is 4.98 Å². The second-order valence-electron chi connectivity index (χ2n) is 5.64. The molecule has 0 amide bonds. The first-order valence-electron chi connectivity index (χ1n) is 7.97. The molecule has 0 saturated carbocycles. The Balaban J connectivity index is 1.75. The SMILES string of the molecule is N#Cc1c(NCc2ccncc2)nn2c(O)c(-c3ccccc3)cnc12. The highest BCUT2D eigenvalue weighted by atomic mass is 16.3. The van der Waals surface area contributed by atoms with Gasteiger partial charge < -0.3 is 10.4 Å². The molecule has 0 aliphatic heterocycles. The van der Waals surface area contributed by atoms with Gasteiger partial charge in [-0.1, -0.05) is 30.3 Å². The van der Waals surface area contributed by atoms with Crippen molar-refractivity contribution < 1.29 is 5.11 Å². The van der Waals surface area contributed by atoms with E-state index >= 15 is 0 Å². The Morgan fingerprint density at radius 1 is 1.12 bits per heavy atom. The zero-order valence-electron chi connectivity index (χ0n) is 13.7. The van der Waals surface area contributed by atoms with E-state index in [0.717, 1.165) is 11.1 Å². The Morgan fingerprint density at radius 2 is 1.88 bits per heavy atom. The van der Waals surface area contributed by atoms with Crippen LogP contribution in [0.5, 0.6) is 5.88 Å². The van der Waals surface area contributed by atoms with Crippen LogP contribution in [0.2, 0.25) is 0 Å². The summed E-state index contributed by atoms with van der Waals surface area (Å²) in [7, 11) is 0. The van der Waals surface area contributed by atoms with Crippen molar-refractivity contribution in [2.75, 3.05) is 5.32 Å². The van der Waals surface area contributed by atoms with Crippen LogP contribution in [0.15, 0.2) is 61.1 Å². The average Bonchev–Trinajstić information content (AvgIpc) is 3.06. The quantitative estimate of drug-likeness (QED) is 0.591. The van der Waals surface area contributed by atoms with Crippen molar-refractivity contribution in [1.82, 2.24) is 19.6 Å². The van der Waals surface area contributed by atoms with E-state index in [1.54, 1.807) is 18.6 Å². The molecule has 7 heteroatoms. The third-order valence-corrected chi connectivity index (χ3v) is 4.02. The molecule has 0 saturated heterocycles. The van der Waals surface area contributed by atoms with Gasteiger partial charge in [0.2, 0.25) is 5.88 Å². The number of anilines is 1. The smallest absolute Gasteiger partial charge is 0.223 e. The first-order valence-corrected chi connectivity index (χ1v) is 7.97. The van der Waals surface area contributed by atoms with Crippen LogP contribution in [0.4, 0.5) is 5.82 Å². The number of aromatic hydroxyl groups is 1. The molecular formula is C19H14N6O. The Labute approximate surface area is 149 Å². The number of pyridine rings is 1. The van der Waals surface area contributed by atoms with Crippen molar-refractivity contribution in [3.63, 3.8) is 0 Å². The van der Waals surface area contributed by atoms with Gasteiger partial charge in [-0.15, -0.1) is 5.10 Å². The normalized spacial score (nSPS) is 10.6. The summed E-state index contributed by atoms with van der Waals surface area (Å²) >= 11 is 0. The maximum atomic E-state index is 10.6. The number of rotatable bonds is 4. The van der Waals surface area contributed by atoms with Gasteiger partial charge >= 0.3 is 0 Å². The number of nitrogens with zero attached hydrogens (tertiary/aromatic N) is 5. The highest BCUT2D eigenvalue weighted by Gasteiger charge is 2.18. The molecule has 7 nitrogen and oxygen atoms in total. The Hall–Kier alpha value is -3.92. The summed E-state index contributed by atoms with van der Waals surface area (Å²) in [4.78, 5) is 8.31. The minimum absolute atomic E-state index is 0.0605. The summed E-state index contributed by atoms with van der Waals surface area (Å²) in [6, 6.07) is 15.3. The number of benzene rings is 1. The highest BCUT2D eigenvalue weighted by Crippen LogP contribution is 2.31. The van der Waals surface area contributed by atoms with Crippen LogP contribution in [0, 0.1) is 11.3 Å². The number of hydrogen-bond donors (Lipinski definition) is 2. The van der Waals surface area contributed by atoms with E-state index in [1.807, 2.05) is 42.5 Å². The van der Waals surface area contributed by atoms with Gasteiger partial charge in [0.1, 0.15) is 11.6 Å². The number of fused-ring (bicyclic) bond motifs is 1. The number of nitrogens with one attached hydrogen (secondary N) is 1. The molecule has 2 N–H and O–H groups in total. The molecule has 126 valence electrons. The first kappa shape index (κ1) is 15.6. The maximum Gasteiger partial charge on any atom is 0.223 e. The molecule has 0 bridgehead atoms. The second kappa shape index (κ2) is 6.53. The van der Waals surface area contributed by atoms with E-state index in [9.17, 15) is 10.4 Å². The predicted octanol–water partition coefficient (Wildman–Crippen LogP) is 2.98. The fraction of sp³-hybridized carbons (Fsp3) is 0.0526. The van der Waals surface area contributed by atoms with Gasteiger partial charge in [-0.2, -0.15) is 9.78 Å². The third-order valence-electron chi connectivity index (χ3n) is 4.02. The van der Waals surface area contributed by atoms with Crippen molar-refractivity contribution in [3.05, 3.63) is 72.2 Å². The van der Waals surface area contributed by atoms with Crippen LogP contribution in [-0.4, -0.2) is 24.7 Å². The van der Waals surface area contributed by atoms with E-state index in [-0.39, 0.29) is 11.4 Å². The fourth-order valence-electron chi connectivity index (χ4n) is 2.71. The lowest BCUT2D eigenvalue weighted by Crippen LogP contribution is -2.01. The topological polar surface area (TPSA) is 99.1 Å². The van der Waals surface area contributed by atoms with Crippen molar-refractivity contribution >= 4 is 11.5 Å². The molecule has 4 aromatic rings. The van der Waals surface area contributed by atoms with Crippen LogP contribution >= 0.6 is 0 Å². The molecule has 0 atom stereocenters. The highest BCUT2D eigenvalue weighted by molar-refractivity contribution is 5.74. The summed E-state index contributed by atoms with van der Waals surface area (Å²) < 4.78 is 1.29. The molecule has 0 spiro atoms. The molecule has 26 heavy (non-hydrogen) atoms. The zero-order chi connectivity index (χ0) is 17.9. The summed E-state index contributed by atoms with van der Waals surface area (Å²) in [5.74, 6) is 0.312. The minimum Gasteiger partial charge on any atom is -0.493 e. The van der Waals surface area contributed by atoms with Crippen LogP contribution in [-0.2, 0) is 6.54 Å². The summed E-state index contributed by atoms with van der Waals surface area (Å²) in [6.07, 6.45) is 4.95. The minimum atomic E-state index is -0.0605. The van der Waals surface area contributed by atoms with Gasteiger partial charge in [0.05, 0.1) is 5.56 Å². The molecular weight excluding hydrogens is 328 g/mol. The lowest BCUT2D eigenvalue weighted by Gasteiger charge is -2.05. The number of hydrogen-bond acceptors (Lipinski definition) is 6. The lowest BCUT2D eigenvalue weighted by molar-refractivity contribution is 0.438. The molecule has 4 rings (SSSR count). The molecule has 0 aliphatic carbocycles. The van der Waals surface area contributed by atoms with E-state index in [1.165, 1.54) is 4.52 Å². The molecule has 0 radical (unpaired) electrons. The first-order chi connectivity index (χ1) is 12.8. The monoisotopic (exact) mass is 342 g/mol. The largest absolute Gasteiger partial charge is 0.493 e. The van der Waals surface area contributed by atoms with Gasteiger partial charge in [-0.25, -0.2) is 4.98 Å². The molecule has 0 unspecified atom stereocenters.